The third-order valence-corrected chi connectivity index (χ3v) is 2.92. The van der Waals surface area contributed by atoms with Gasteiger partial charge in [0.15, 0.2) is 0 Å². The molecule has 2 nitrogen and oxygen atoms in total. The summed E-state index contributed by atoms with van der Waals surface area (Å²) in [4.78, 5) is 10.7. The molecule has 0 amide bonds. The maximum absolute atomic E-state index is 10.7. The monoisotopic (exact) mass is 202 g/mol. The topological polar surface area (TPSA) is 26.3 Å². The Morgan fingerprint density at radius 1 is 1.77 bits per heavy atom. The fraction of sp³-hybridized carbons (Fsp3) is 0.700. The van der Waals surface area contributed by atoms with Crippen LogP contribution in [0.5, 0.6) is 0 Å². The summed E-state index contributed by atoms with van der Waals surface area (Å²) in [5, 5.41) is 0. The summed E-state index contributed by atoms with van der Waals surface area (Å²) in [6.45, 7) is 6.11. The zero-order valence-corrected chi connectivity index (χ0v) is 9.02. The number of ether oxygens (including phenoxy) is 1. The molecule has 0 bridgehead atoms. The van der Waals surface area contributed by atoms with Crippen molar-refractivity contribution in [1.82, 2.24) is 0 Å². The van der Waals surface area contributed by atoms with Crippen molar-refractivity contribution in [3.05, 3.63) is 11.6 Å². The molecule has 3 heteroatoms. The molecule has 0 heterocycles. The van der Waals surface area contributed by atoms with Crippen LogP contribution in [0.25, 0.3) is 0 Å². The molecule has 0 aromatic heterocycles. The van der Waals surface area contributed by atoms with Gasteiger partial charge < -0.3 is 4.74 Å². The molecule has 0 fully saturated rings. The highest BCUT2D eigenvalue weighted by atomic mass is 35.5. The van der Waals surface area contributed by atoms with E-state index in [0.29, 0.717) is 5.92 Å². The molecule has 74 valence electrons. The third-order valence-electron chi connectivity index (χ3n) is 2.84. The molecule has 0 aromatic rings. The molecular formula is C10H15ClO2. The number of carbonyl (C=O) groups is 1. The Hall–Kier alpha value is -0.500. The van der Waals surface area contributed by atoms with Crippen molar-refractivity contribution in [1.29, 1.82) is 0 Å². The lowest BCUT2D eigenvalue weighted by Gasteiger charge is -2.37. The Morgan fingerprint density at radius 2 is 2.38 bits per heavy atom. The summed E-state index contributed by atoms with van der Waals surface area (Å²) >= 11 is 5.22. The van der Waals surface area contributed by atoms with Crippen LogP contribution in [0.15, 0.2) is 11.6 Å². The van der Waals surface area contributed by atoms with Crippen LogP contribution in [0, 0.1) is 5.92 Å². The van der Waals surface area contributed by atoms with Crippen molar-refractivity contribution in [3.63, 3.8) is 0 Å². The molecule has 2 unspecified atom stereocenters. The van der Waals surface area contributed by atoms with E-state index < -0.39 is 11.0 Å². The van der Waals surface area contributed by atoms with Gasteiger partial charge in [-0.25, -0.2) is 4.79 Å². The second-order valence-corrected chi connectivity index (χ2v) is 4.32. The molecule has 0 saturated carbocycles. The van der Waals surface area contributed by atoms with Crippen molar-refractivity contribution in [2.24, 2.45) is 5.92 Å². The summed E-state index contributed by atoms with van der Waals surface area (Å²) < 4.78 is 5.12. The average molecular weight is 203 g/mol. The van der Waals surface area contributed by atoms with Gasteiger partial charge in [-0.15, -0.1) is 0 Å². The number of hydrogen-bond donors (Lipinski definition) is 0. The Kier molecular flexibility index (Phi) is 3.01. The normalized spacial score (nSPS) is 33.8. The van der Waals surface area contributed by atoms with Crippen molar-refractivity contribution in [2.45, 2.75) is 39.2 Å². The summed E-state index contributed by atoms with van der Waals surface area (Å²) in [7, 11) is 0. The number of allylic oxidation sites excluding steroid dienone is 1. The smallest absolute Gasteiger partial charge is 0.404 e. The van der Waals surface area contributed by atoms with E-state index in [2.05, 4.69) is 19.9 Å². The lowest BCUT2D eigenvalue weighted by atomic mass is 9.78. The minimum absolute atomic E-state index is 0.334. The molecule has 0 radical (unpaired) electrons. The summed E-state index contributed by atoms with van der Waals surface area (Å²) in [5.41, 5.74) is 0.233. The zero-order valence-electron chi connectivity index (χ0n) is 8.26. The van der Waals surface area contributed by atoms with E-state index in [1.54, 1.807) is 0 Å². The van der Waals surface area contributed by atoms with Crippen LogP contribution >= 0.6 is 11.6 Å². The highest BCUT2D eigenvalue weighted by Gasteiger charge is 2.36. The molecule has 1 aliphatic carbocycles. The standard InChI is InChI=1S/C10H15ClO2/c1-7-4-5-10(3,8(2)6-7)13-9(11)12/h4,8H,5-6H2,1-3H3. The number of hydrogen-bond acceptors (Lipinski definition) is 2. The van der Waals surface area contributed by atoms with Gasteiger partial charge in [0.2, 0.25) is 0 Å². The minimum Gasteiger partial charge on any atom is -0.447 e. The van der Waals surface area contributed by atoms with E-state index in [4.69, 9.17) is 16.3 Å². The number of rotatable bonds is 1. The maximum atomic E-state index is 10.7. The van der Waals surface area contributed by atoms with Gasteiger partial charge in [0.25, 0.3) is 0 Å². The molecule has 0 aliphatic heterocycles. The van der Waals surface area contributed by atoms with Crippen LogP contribution in [0.4, 0.5) is 4.79 Å². The van der Waals surface area contributed by atoms with Gasteiger partial charge in [-0.3, -0.25) is 0 Å². The van der Waals surface area contributed by atoms with E-state index in [-0.39, 0.29) is 0 Å². The van der Waals surface area contributed by atoms with E-state index in [1.807, 2.05) is 6.92 Å². The van der Waals surface area contributed by atoms with Crippen molar-refractivity contribution in [3.8, 4) is 0 Å². The molecule has 1 rings (SSSR count). The third kappa shape index (κ3) is 2.47. The second kappa shape index (κ2) is 3.70. The van der Waals surface area contributed by atoms with Gasteiger partial charge in [0.1, 0.15) is 5.60 Å². The quantitative estimate of drug-likeness (QED) is 0.481. The van der Waals surface area contributed by atoms with Gasteiger partial charge in [-0.05, 0) is 26.2 Å². The lowest BCUT2D eigenvalue weighted by molar-refractivity contribution is -0.00394. The fourth-order valence-corrected chi connectivity index (χ4v) is 1.86. The highest BCUT2D eigenvalue weighted by Crippen LogP contribution is 2.36. The van der Waals surface area contributed by atoms with E-state index >= 15 is 0 Å². The Balaban J connectivity index is 2.74. The predicted molar refractivity (Wildman–Crippen MR) is 52.9 cm³/mol. The van der Waals surface area contributed by atoms with Crippen LogP contribution in [-0.4, -0.2) is 11.0 Å². The molecule has 0 aromatic carbocycles. The molecular weight excluding hydrogens is 188 g/mol. The van der Waals surface area contributed by atoms with Gasteiger partial charge >= 0.3 is 5.43 Å². The maximum Gasteiger partial charge on any atom is 0.404 e. The predicted octanol–water partition coefficient (Wildman–Crippen LogP) is 3.50. The van der Waals surface area contributed by atoms with Crippen LogP contribution in [0.3, 0.4) is 0 Å². The minimum atomic E-state index is -0.706. The molecule has 2 atom stereocenters. The Morgan fingerprint density at radius 3 is 2.85 bits per heavy atom. The first-order chi connectivity index (χ1) is 5.94. The van der Waals surface area contributed by atoms with Crippen molar-refractivity contribution in [2.75, 3.05) is 0 Å². The summed E-state index contributed by atoms with van der Waals surface area (Å²) in [6.07, 6.45) is 3.85. The first kappa shape index (κ1) is 10.6. The largest absolute Gasteiger partial charge is 0.447 e. The van der Waals surface area contributed by atoms with E-state index in [9.17, 15) is 4.79 Å². The van der Waals surface area contributed by atoms with Gasteiger partial charge in [-0.1, -0.05) is 18.6 Å². The SMILES string of the molecule is CC1=CCC(C)(OC(=O)Cl)C(C)C1. The van der Waals surface area contributed by atoms with Crippen LogP contribution < -0.4 is 0 Å². The molecule has 1 aliphatic rings. The van der Waals surface area contributed by atoms with Gasteiger partial charge in [0.05, 0.1) is 0 Å². The fourth-order valence-electron chi connectivity index (χ4n) is 1.69. The first-order valence-corrected chi connectivity index (χ1v) is 4.86. The van der Waals surface area contributed by atoms with Gasteiger partial charge in [-0.2, -0.15) is 0 Å². The average Bonchev–Trinajstić information content (AvgIpc) is 1.97. The molecule has 13 heavy (non-hydrogen) atoms. The van der Waals surface area contributed by atoms with E-state index in [1.165, 1.54) is 5.57 Å². The molecule has 0 saturated heterocycles. The van der Waals surface area contributed by atoms with E-state index in [0.717, 1.165) is 12.8 Å². The molecule has 0 N–H and O–H groups in total. The molecule has 0 spiro atoms. The summed E-state index contributed by atoms with van der Waals surface area (Å²) in [6, 6.07) is 0. The second-order valence-electron chi connectivity index (χ2n) is 4.01. The Bertz CT molecular complexity index is 247. The summed E-state index contributed by atoms with van der Waals surface area (Å²) in [5.74, 6) is 0.334. The first-order valence-electron chi connectivity index (χ1n) is 4.48. The number of halogens is 1. The van der Waals surface area contributed by atoms with Crippen LogP contribution in [0.1, 0.15) is 33.6 Å². The van der Waals surface area contributed by atoms with Crippen molar-refractivity contribution < 1.29 is 9.53 Å². The Labute approximate surface area is 83.9 Å². The van der Waals surface area contributed by atoms with Crippen LogP contribution in [-0.2, 0) is 4.74 Å². The van der Waals surface area contributed by atoms with Crippen LogP contribution in [0.2, 0.25) is 0 Å². The zero-order chi connectivity index (χ0) is 10.1. The van der Waals surface area contributed by atoms with Crippen molar-refractivity contribution >= 4 is 17.0 Å². The lowest BCUT2D eigenvalue weighted by Crippen LogP contribution is -2.38. The highest BCUT2D eigenvalue weighted by molar-refractivity contribution is 6.61. The number of carbonyl (C=O) groups excluding carboxylic acids is 1. The van der Waals surface area contributed by atoms with Gasteiger partial charge in [0, 0.05) is 18.0 Å².